The van der Waals surface area contributed by atoms with Gasteiger partial charge in [0.2, 0.25) is 0 Å². The number of hydrogen-bond donors (Lipinski definition) is 2. The van der Waals surface area contributed by atoms with Crippen LogP contribution in [0.1, 0.15) is 5.56 Å². The molecular weight excluding hydrogens is 235 g/mol. The lowest BCUT2D eigenvalue weighted by Gasteiger charge is -2.04. The Labute approximate surface area is 100 Å². The van der Waals surface area contributed by atoms with E-state index >= 15 is 0 Å². The van der Waals surface area contributed by atoms with Crippen molar-refractivity contribution in [3.63, 3.8) is 0 Å². The number of phenolic OH excluding ortho intramolecular Hbond substituents is 1. The number of hydrogen-bond acceptors (Lipinski definition) is 3. The van der Waals surface area contributed by atoms with Crippen LogP contribution in [0.3, 0.4) is 0 Å². The second-order valence-electron chi connectivity index (χ2n) is 2.85. The number of nitrogens with two attached hydrogens (primary N) is 1. The van der Waals surface area contributed by atoms with E-state index in [4.69, 9.17) is 5.73 Å². The van der Waals surface area contributed by atoms with Gasteiger partial charge in [-0.15, -0.1) is 24.8 Å². The minimum Gasteiger partial charge on any atom is -0.506 e. The summed E-state index contributed by atoms with van der Waals surface area (Å²) in [5.74, 6) is 0.202. The highest BCUT2D eigenvalue weighted by Crippen LogP contribution is 2.24. The van der Waals surface area contributed by atoms with E-state index in [1.807, 2.05) is 18.2 Å². The molecular formula is C10H12Cl2N2O. The van der Waals surface area contributed by atoms with Crippen molar-refractivity contribution in [2.75, 3.05) is 0 Å². The Morgan fingerprint density at radius 2 is 1.93 bits per heavy atom. The van der Waals surface area contributed by atoms with Crippen LogP contribution in [-0.4, -0.2) is 10.1 Å². The Balaban J connectivity index is 0.000000980. The molecule has 3 nitrogen and oxygen atoms in total. The zero-order valence-corrected chi connectivity index (χ0v) is 9.52. The number of halogens is 2. The van der Waals surface area contributed by atoms with E-state index in [2.05, 4.69) is 4.98 Å². The molecule has 0 aliphatic rings. The minimum absolute atomic E-state index is 0. The molecule has 82 valence electrons. The highest BCUT2D eigenvalue weighted by molar-refractivity contribution is 5.87. The summed E-state index contributed by atoms with van der Waals surface area (Å²) in [6.45, 7) is 0.461. The van der Waals surface area contributed by atoms with Crippen molar-refractivity contribution in [1.29, 1.82) is 0 Å². The molecule has 0 atom stereocenters. The third-order valence-electron chi connectivity index (χ3n) is 2.06. The Bertz CT molecular complexity index is 448. The molecule has 0 saturated heterocycles. The van der Waals surface area contributed by atoms with Gasteiger partial charge < -0.3 is 10.8 Å². The third kappa shape index (κ3) is 2.50. The molecule has 3 N–H and O–H groups in total. The predicted molar refractivity (Wildman–Crippen MR) is 65.8 cm³/mol. The Morgan fingerprint density at radius 3 is 2.60 bits per heavy atom. The lowest BCUT2D eigenvalue weighted by molar-refractivity contribution is 0.480. The molecule has 2 aromatic rings. The summed E-state index contributed by atoms with van der Waals surface area (Å²) in [4.78, 5) is 4.08. The molecule has 1 aromatic carbocycles. The maximum Gasteiger partial charge on any atom is 0.141 e. The van der Waals surface area contributed by atoms with Gasteiger partial charge in [0.1, 0.15) is 11.3 Å². The molecule has 15 heavy (non-hydrogen) atoms. The Morgan fingerprint density at radius 1 is 1.20 bits per heavy atom. The van der Waals surface area contributed by atoms with Crippen molar-refractivity contribution >= 4 is 35.7 Å². The van der Waals surface area contributed by atoms with Gasteiger partial charge >= 0.3 is 0 Å². The van der Waals surface area contributed by atoms with Crippen LogP contribution >= 0.6 is 24.8 Å². The molecule has 1 aromatic heterocycles. The average Bonchev–Trinajstić information content (AvgIpc) is 2.19. The zero-order valence-electron chi connectivity index (χ0n) is 7.88. The fourth-order valence-corrected chi connectivity index (χ4v) is 1.39. The molecule has 1 heterocycles. The van der Waals surface area contributed by atoms with Gasteiger partial charge in [-0.05, 0) is 17.7 Å². The van der Waals surface area contributed by atoms with Crippen molar-refractivity contribution in [2.45, 2.75) is 6.54 Å². The van der Waals surface area contributed by atoms with Crippen LogP contribution in [0, 0.1) is 0 Å². The van der Waals surface area contributed by atoms with E-state index < -0.39 is 0 Å². The molecule has 0 aliphatic heterocycles. The summed E-state index contributed by atoms with van der Waals surface area (Å²) in [5, 5.41) is 10.4. The van der Waals surface area contributed by atoms with Crippen LogP contribution in [-0.2, 0) is 6.54 Å². The van der Waals surface area contributed by atoms with Gasteiger partial charge in [-0.1, -0.05) is 12.1 Å². The van der Waals surface area contributed by atoms with E-state index in [0.29, 0.717) is 12.1 Å². The van der Waals surface area contributed by atoms with Gasteiger partial charge in [0.25, 0.3) is 0 Å². The van der Waals surface area contributed by atoms with Gasteiger partial charge in [-0.25, -0.2) is 0 Å². The van der Waals surface area contributed by atoms with E-state index in [-0.39, 0.29) is 30.6 Å². The fourth-order valence-electron chi connectivity index (χ4n) is 1.39. The van der Waals surface area contributed by atoms with Crippen LogP contribution in [0.5, 0.6) is 5.75 Å². The first-order valence-electron chi connectivity index (χ1n) is 4.08. The van der Waals surface area contributed by atoms with Crippen LogP contribution in [0.25, 0.3) is 10.9 Å². The van der Waals surface area contributed by atoms with Crippen molar-refractivity contribution in [3.8, 4) is 5.75 Å². The third-order valence-corrected chi connectivity index (χ3v) is 2.06. The van der Waals surface area contributed by atoms with Crippen LogP contribution in [0.15, 0.2) is 30.5 Å². The molecule has 0 fully saturated rings. The number of aromatic nitrogens is 1. The SMILES string of the molecule is Cl.Cl.NCc1ccc(O)c2ncccc12. The number of fused-ring (bicyclic) bond motifs is 1. The summed E-state index contributed by atoms with van der Waals surface area (Å²) in [6, 6.07) is 7.18. The summed E-state index contributed by atoms with van der Waals surface area (Å²) in [6.07, 6.45) is 1.66. The molecule has 0 spiro atoms. The molecule has 0 aliphatic carbocycles. The Kier molecular flexibility index (Phi) is 5.36. The van der Waals surface area contributed by atoms with Crippen molar-refractivity contribution in [3.05, 3.63) is 36.0 Å². The van der Waals surface area contributed by atoms with Crippen LogP contribution < -0.4 is 5.73 Å². The summed E-state index contributed by atoms with van der Waals surface area (Å²) in [7, 11) is 0. The van der Waals surface area contributed by atoms with Gasteiger partial charge in [-0.3, -0.25) is 4.98 Å². The normalized spacial score (nSPS) is 9.13. The van der Waals surface area contributed by atoms with Gasteiger partial charge in [0.15, 0.2) is 0 Å². The largest absolute Gasteiger partial charge is 0.506 e. The lowest BCUT2D eigenvalue weighted by Crippen LogP contribution is -1.97. The maximum atomic E-state index is 9.49. The van der Waals surface area contributed by atoms with Gasteiger partial charge in [-0.2, -0.15) is 0 Å². The topological polar surface area (TPSA) is 59.1 Å². The molecule has 5 heteroatoms. The van der Waals surface area contributed by atoms with E-state index in [0.717, 1.165) is 10.9 Å². The summed E-state index contributed by atoms with van der Waals surface area (Å²) >= 11 is 0. The van der Waals surface area contributed by atoms with Crippen LogP contribution in [0.4, 0.5) is 0 Å². The minimum atomic E-state index is 0. The van der Waals surface area contributed by atoms with Crippen molar-refractivity contribution < 1.29 is 5.11 Å². The molecule has 0 bridgehead atoms. The highest BCUT2D eigenvalue weighted by Gasteiger charge is 2.03. The smallest absolute Gasteiger partial charge is 0.141 e. The van der Waals surface area contributed by atoms with Crippen molar-refractivity contribution in [1.82, 2.24) is 4.98 Å². The van der Waals surface area contributed by atoms with E-state index in [1.165, 1.54) is 0 Å². The van der Waals surface area contributed by atoms with Gasteiger partial charge in [0, 0.05) is 18.1 Å². The quantitative estimate of drug-likeness (QED) is 0.812. The second kappa shape index (κ2) is 5.75. The first-order valence-corrected chi connectivity index (χ1v) is 4.08. The highest BCUT2D eigenvalue weighted by atomic mass is 35.5. The first kappa shape index (κ1) is 14.0. The monoisotopic (exact) mass is 246 g/mol. The van der Waals surface area contributed by atoms with Crippen LogP contribution in [0.2, 0.25) is 0 Å². The number of rotatable bonds is 1. The number of aromatic hydroxyl groups is 1. The number of phenols is 1. The summed E-state index contributed by atoms with van der Waals surface area (Å²) in [5.41, 5.74) is 7.17. The average molecular weight is 247 g/mol. The molecule has 0 saturated carbocycles. The van der Waals surface area contributed by atoms with E-state index in [1.54, 1.807) is 12.3 Å². The lowest BCUT2D eigenvalue weighted by atomic mass is 10.1. The standard InChI is InChI=1S/C10H10N2O.2ClH/c11-6-7-3-4-9(13)10-8(7)2-1-5-12-10;;/h1-5,13H,6,11H2;2*1H. The molecule has 0 amide bonds. The zero-order chi connectivity index (χ0) is 9.26. The van der Waals surface area contributed by atoms with Gasteiger partial charge in [0.05, 0.1) is 0 Å². The number of benzene rings is 1. The van der Waals surface area contributed by atoms with Crippen molar-refractivity contribution in [2.24, 2.45) is 5.73 Å². The molecule has 0 unspecified atom stereocenters. The fraction of sp³-hybridized carbons (Fsp3) is 0.100. The first-order chi connectivity index (χ1) is 6.33. The molecule has 2 rings (SSSR count). The number of nitrogens with zero attached hydrogens (tertiary/aromatic N) is 1. The Hall–Kier alpha value is -1.03. The second-order valence-corrected chi connectivity index (χ2v) is 2.85. The number of pyridine rings is 1. The maximum absolute atomic E-state index is 9.49. The predicted octanol–water partition coefficient (Wildman–Crippen LogP) is 2.24. The van der Waals surface area contributed by atoms with E-state index in [9.17, 15) is 5.11 Å². The molecule has 0 radical (unpaired) electrons. The summed E-state index contributed by atoms with van der Waals surface area (Å²) < 4.78 is 0.